The molecule has 0 aromatic heterocycles. The lowest BCUT2D eigenvalue weighted by Crippen LogP contribution is -2.26. The molecule has 1 atom stereocenters. The maximum Gasteiger partial charge on any atom is 0.411 e. The molecule has 1 aromatic rings. The van der Waals surface area contributed by atoms with E-state index in [0.29, 0.717) is 5.92 Å². The molecule has 0 aliphatic carbocycles. The van der Waals surface area contributed by atoms with Crippen molar-refractivity contribution in [2.45, 2.75) is 43.7 Å². The van der Waals surface area contributed by atoms with E-state index < -0.39 is 22.8 Å². The Morgan fingerprint density at radius 1 is 1.22 bits per heavy atom. The van der Waals surface area contributed by atoms with E-state index in [-0.39, 0.29) is 24.5 Å². The first-order valence-electron chi connectivity index (χ1n) is 7.40. The Morgan fingerprint density at radius 2 is 1.83 bits per heavy atom. The van der Waals surface area contributed by atoms with Crippen LogP contribution in [0.25, 0.3) is 0 Å². The molecular weight excluding hydrogens is 331 g/mol. The molecule has 0 fully saturated rings. The van der Waals surface area contributed by atoms with Crippen molar-refractivity contribution < 1.29 is 26.3 Å². The van der Waals surface area contributed by atoms with Crippen molar-refractivity contribution >= 4 is 10.0 Å². The van der Waals surface area contributed by atoms with E-state index in [2.05, 4.69) is 23.3 Å². The molecule has 0 radical (unpaired) electrons. The fourth-order valence-electron chi connectivity index (χ4n) is 1.86. The lowest BCUT2D eigenvalue weighted by molar-refractivity contribution is -0.173. The first-order valence-corrected chi connectivity index (χ1v) is 8.88. The van der Waals surface area contributed by atoms with Crippen LogP contribution in [0, 0.1) is 0 Å². The number of halogens is 3. The summed E-state index contributed by atoms with van der Waals surface area (Å²) >= 11 is 0. The van der Waals surface area contributed by atoms with Gasteiger partial charge in [-0.2, -0.15) is 13.2 Å². The molecule has 4 nitrogen and oxygen atoms in total. The van der Waals surface area contributed by atoms with Crippen LogP contribution in [-0.4, -0.2) is 34.4 Å². The zero-order valence-corrected chi connectivity index (χ0v) is 14.0. The highest BCUT2D eigenvalue weighted by Crippen LogP contribution is 2.20. The van der Waals surface area contributed by atoms with Crippen LogP contribution >= 0.6 is 0 Å². The number of hydrogen-bond donors (Lipinski definition) is 1. The minimum Gasteiger partial charge on any atom is -0.372 e. The average Bonchev–Trinajstić information content (AvgIpc) is 2.49. The molecule has 0 saturated carbocycles. The van der Waals surface area contributed by atoms with Crippen LogP contribution in [0.4, 0.5) is 13.2 Å². The van der Waals surface area contributed by atoms with Crippen molar-refractivity contribution in [3.63, 3.8) is 0 Å². The number of ether oxygens (including phenoxy) is 1. The third kappa shape index (κ3) is 7.32. The third-order valence-corrected chi connectivity index (χ3v) is 4.87. The normalized spacial score (nSPS) is 14.0. The van der Waals surface area contributed by atoms with E-state index in [1.807, 2.05) is 0 Å². The monoisotopic (exact) mass is 353 g/mol. The molecule has 0 aliphatic heterocycles. The molecule has 0 heterocycles. The van der Waals surface area contributed by atoms with Crippen LogP contribution in [0.3, 0.4) is 0 Å². The van der Waals surface area contributed by atoms with Gasteiger partial charge in [0.2, 0.25) is 10.0 Å². The van der Waals surface area contributed by atoms with Gasteiger partial charge in [0, 0.05) is 13.2 Å². The molecule has 23 heavy (non-hydrogen) atoms. The minimum absolute atomic E-state index is 0.0211. The number of rotatable bonds is 9. The van der Waals surface area contributed by atoms with Gasteiger partial charge in [-0.25, -0.2) is 13.1 Å². The zero-order chi connectivity index (χ0) is 17.5. The number of hydrogen-bond acceptors (Lipinski definition) is 3. The van der Waals surface area contributed by atoms with Crippen LogP contribution in [0.2, 0.25) is 0 Å². The summed E-state index contributed by atoms with van der Waals surface area (Å²) in [7, 11) is -3.65. The Kier molecular flexibility index (Phi) is 7.50. The highest BCUT2D eigenvalue weighted by atomic mass is 32.2. The summed E-state index contributed by atoms with van der Waals surface area (Å²) in [6.45, 7) is 2.65. The summed E-state index contributed by atoms with van der Waals surface area (Å²) in [6, 6.07) is 6.61. The molecule has 1 aromatic carbocycles. The average molecular weight is 353 g/mol. The molecule has 1 unspecified atom stereocenters. The highest BCUT2D eigenvalue weighted by Gasteiger charge is 2.27. The predicted octanol–water partition coefficient (Wildman–Crippen LogP) is 3.45. The van der Waals surface area contributed by atoms with E-state index in [9.17, 15) is 21.6 Å². The van der Waals surface area contributed by atoms with Gasteiger partial charge in [-0.15, -0.1) is 0 Å². The van der Waals surface area contributed by atoms with Crippen LogP contribution in [-0.2, 0) is 14.8 Å². The second-order valence-corrected chi connectivity index (χ2v) is 7.06. The van der Waals surface area contributed by atoms with Crippen molar-refractivity contribution in [3.05, 3.63) is 29.8 Å². The summed E-state index contributed by atoms with van der Waals surface area (Å²) < 4.78 is 66.4. The lowest BCUT2D eigenvalue weighted by atomic mass is 9.99. The Labute approximate surface area is 135 Å². The molecule has 132 valence electrons. The van der Waals surface area contributed by atoms with Gasteiger partial charge in [-0.3, -0.25) is 0 Å². The topological polar surface area (TPSA) is 55.4 Å². The van der Waals surface area contributed by atoms with Crippen LogP contribution < -0.4 is 4.72 Å². The summed E-state index contributed by atoms with van der Waals surface area (Å²) in [5.41, 5.74) is 1.06. The Morgan fingerprint density at radius 3 is 2.35 bits per heavy atom. The van der Waals surface area contributed by atoms with E-state index in [0.717, 1.165) is 12.0 Å². The van der Waals surface area contributed by atoms with Gasteiger partial charge in [-0.05, 0) is 36.5 Å². The largest absolute Gasteiger partial charge is 0.411 e. The summed E-state index contributed by atoms with van der Waals surface area (Å²) in [6.07, 6.45) is -3.24. The molecule has 8 heteroatoms. The van der Waals surface area contributed by atoms with Gasteiger partial charge in [0.15, 0.2) is 0 Å². The van der Waals surface area contributed by atoms with Crippen LogP contribution in [0.15, 0.2) is 29.2 Å². The molecule has 0 amide bonds. The van der Waals surface area contributed by atoms with Crippen molar-refractivity contribution in [2.75, 3.05) is 19.8 Å². The first kappa shape index (κ1) is 19.9. The number of sulfonamides is 1. The number of benzene rings is 1. The van der Waals surface area contributed by atoms with Gasteiger partial charge in [0.05, 0.1) is 4.90 Å². The lowest BCUT2D eigenvalue weighted by Gasteiger charge is -2.11. The Hall–Kier alpha value is -1.12. The number of alkyl halides is 3. The summed E-state index contributed by atoms with van der Waals surface area (Å²) in [5, 5.41) is 0. The van der Waals surface area contributed by atoms with Crippen molar-refractivity contribution in [2.24, 2.45) is 0 Å². The first-order chi connectivity index (χ1) is 10.7. The second-order valence-electron chi connectivity index (χ2n) is 5.30. The SMILES string of the molecule is CCC(C)c1ccc(S(=O)(=O)NCCCOCC(F)(F)F)cc1. The quantitative estimate of drug-likeness (QED) is 0.692. The van der Waals surface area contributed by atoms with Crippen molar-refractivity contribution in [1.82, 2.24) is 4.72 Å². The Bertz CT molecular complexity index is 571. The maximum absolute atomic E-state index is 12.0. The van der Waals surface area contributed by atoms with E-state index in [1.54, 1.807) is 12.1 Å². The highest BCUT2D eigenvalue weighted by molar-refractivity contribution is 7.89. The fourth-order valence-corrected chi connectivity index (χ4v) is 2.94. The van der Waals surface area contributed by atoms with Crippen LogP contribution in [0.5, 0.6) is 0 Å². The van der Waals surface area contributed by atoms with Crippen molar-refractivity contribution in [1.29, 1.82) is 0 Å². The number of nitrogens with one attached hydrogen (secondary N) is 1. The van der Waals surface area contributed by atoms with Gasteiger partial charge in [0.1, 0.15) is 6.61 Å². The van der Waals surface area contributed by atoms with E-state index in [1.165, 1.54) is 12.1 Å². The smallest absolute Gasteiger partial charge is 0.372 e. The minimum atomic E-state index is -4.36. The summed E-state index contributed by atoms with van der Waals surface area (Å²) in [4.78, 5) is 0.140. The molecule has 0 aliphatic rings. The summed E-state index contributed by atoms with van der Waals surface area (Å²) in [5.74, 6) is 0.352. The molecule has 1 rings (SSSR count). The molecule has 0 saturated heterocycles. The molecular formula is C15H22F3NO3S. The predicted molar refractivity (Wildman–Crippen MR) is 81.8 cm³/mol. The molecule has 1 N–H and O–H groups in total. The maximum atomic E-state index is 12.0. The van der Waals surface area contributed by atoms with Gasteiger partial charge in [-0.1, -0.05) is 26.0 Å². The van der Waals surface area contributed by atoms with Gasteiger partial charge >= 0.3 is 6.18 Å². The van der Waals surface area contributed by atoms with Gasteiger partial charge in [0.25, 0.3) is 0 Å². The second kappa shape index (κ2) is 8.65. The van der Waals surface area contributed by atoms with Gasteiger partial charge < -0.3 is 4.74 Å². The van der Waals surface area contributed by atoms with Crippen molar-refractivity contribution in [3.8, 4) is 0 Å². The molecule has 0 spiro atoms. The third-order valence-electron chi connectivity index (χ3n) is 3.40. The fraction of sp³-hybridized carbons (Fsp3) is 0.600. The van der Waals surface area contributed by atoms with E-state index in [4.69, 9.17) is 0 Å². The van der Waals surface area contributed by atoms with Crippen LogP contribution in [0.1, 0.15) is 38.2 Å². The standard InChI is InChI=1S/C15H22F3NO3S/c1-3-12(2)13-5-7-14(8-6-13)23(20,21)19-9-4-10-22-11-15(16,17)18/h5-8,12,19H,3-4,9-11H2,1-2H3. The Balaban J connectivity index is 2.44. The molecule has 0 bridgehead atoms. The zero-order valence-electron chi connectivity index (χ0n) is 13.2. The van der Waals surface area contributed by atoms with E-state index >= 15 is 0 Å².